The summed E-state index contributed by atoms with van der Waals surface area (Å²) in [4.78, 5) is 0. The molecule has 0 aromatic heterocycles. The van der Waals surface area contributed by atoms with Gasteiger partial charge in [-0.15, -0.1) is 0 Å². The Morgan fingerprint density at radius 3 is 2.85 bits per heavy atom. The summed E-state index contributed by atoms with van der Waals surface area (Å²) in [6.07, 6.45) is 0.899. The third kappa shape index (κ3) is 3.60. The summed E-state index contributed by atoms with van der Waals surface area (Å²) in [6.45, 7) is 3.69. The van der Waals surface area contributed by atoms with E-state index < -0.39 is 6.10 Å². The Kier molecular flexibility index (Phi) is 4.66. The lowest BCUT2D eigenvalue weighted by Gasteiger charge is -2.15. The summed E-state index contributed by atoms with van der Waals surface area (Å²) in [5.41, 5.74) is 0. The van der Waals surface area contributed by atoms with Crippen molar-refractivity contribution < 1.29 is 14.9 Å². The van der Waals surface area contributed by atoms with Gasteiger partial charge in [-0.05, 0) is 19.4 Å². The van der Waals surface area contributed by atoms with Crippen molar-refractivity contribution in [3.05, 3.63) is 0 Å². The molecule has 4 heteroatoms. The highest BCUT2D eigenvalue weighted by Crippen LogP contribution is 2.05. The number of aliphatic hydroxyl groups excluding tert-OH is 2. The van der Waals surface area contributed by atoms with Crippen LogP contribution in [0.15, 0.2) is 0 Å². The van der Waals surface area contributed by atoms with Gasteiger partial charge in [-0.1, -0.05) is 6.92 Å². The second-order valence-corrected chi connectivity index (χ2v) is 3.52. The van der Waals surface area contributed by atoms with E-state index in [0.717, 1.165) is 19.4 Å². The molecule has 0 saturated carbocycles. The molecular weight excluding hydrogens is 170 g/mol. The molecular formula is C9H19NO3. The van der Waals surface area contributed by atoms with Crippen LogP contribution >= 0.6 is 0 Å². The van der Waals surface area contributed by atoms with Gasteiger partial charge < -0.3 is 20.3 Å². The van der Waals surface area contributed by atoms with Crippen LogP contribution in [0.25, 0.3) is 0 Å². The summed E-state index contributed by atoms with van der Waals surface area (Å²) in [5, 5.41) is 21.8. The SMILES string of the molecule is CCC(O)CCNC1COCC1O. The van der Waals surface area contributed by atoms with Gasteiger partial charge in [0.15, 0.2) is 0 Å². The summed E-state index contributed by atoms with van der Waals surface area (Å²) < 4.78 is 5.08. The molecule has 0 spiro atoms. The number of nitrogens with one attached hydrogen (secondary N) is 1. The van der Waals surface area contributed by atoms with Gasteiger partial charge in [-0.25, -0.2) is 0 Å². The predicted molar refractivity (Wildman–Crippen MR) is 49.5 cm³/mol. The first-order valence-corrected chi connectivity index (χ1v) is 4.91. The average molecular weight is 189 g/mol. The molecule has 3 N–H and O–H groups in total. The van der Waals surface area contributed by atoms with Gasteiger partial charge in [0.2, 0.25) is 0 Å². The van der Waals surface area contributed by atoms with Crippen molar-refractivity contribution in [2.24, 2.45) is 0 Å². The van der Waals surface area contributed by atoms with E-state index >= 15 is 0 Å². The zero-order valence-electron chi connectivity index (χ0n) is 8.07. The van der Waals surface area contributed by atoms with Crippen LogP contribution in [0.2, 0.25) is 0 Å². The first kappa shape index (κ1) is 10.9. The van der Waals surface area contributed by atoms with Gasteiger partial charge in [0, 0.05) is 0 Å². The van der Waals surface area contributed by atoms with Crippen LogP contribution in [0.3, 0.4) is 0 Å². The lowest BCUT2D eigenvalue weighted by Crippen LogP contribution is -2.40. The molecule has 0 bridgehead atoms. The average Bonchev–Trinajstić information content (AvgIpc) is 2.52. The van der Waals surface area contributed by atoms with Crippen molar-refractivity contribution in [1.82, 2.24) is 5.32 Å². The van der Waals surface area contributed by atoms with E-state index in [1.54, 1.807) is 0 Å². The maximum atomic E-state index is 9.36. The smallest absolute Gasteiger partial charge is 0.0948 e. The van der Waals surface area contributed by atoms with Gasteiger partial charge >= 0.3 is 0 Å². The van der Waals surface area contributed by atoms with Crippen LogP contribution < -0.4 is 5.32 Å². The van der Waals surface area contributed by atoms with E-state index in [1.165, 1.54) is 0 Å². The van der Waals surface area contributed by atoms with Gasteiger partial charge in [0.25, 0.3) is 0 Å². The molecule has 1 aliphatic rings. The molecule has 0 radical (unpaired) electrons. The van der Waals surface area contributed by atoms with E-state index in [9.17, 15) is 10.2 Å². The third-order valence-corrected chi connectivity index (χ3v) is 2.41. The van der Waals surface area contributed by atoms with E-state index in [0.29, 0.717) is 13.2 Å². The predicted octanol–water partition coefficient (Wildman–Crippen LogP) is -0.503. The normalized spacial score (nSPS) is 30.7. The van der Waals surface area contributed by atoms with Crippen LogP contribution in [0, 0.1) is 0 Å². The number of hydrogen-bond donors (Lipinski definition) is 3. The number of aliphatic hydroxyl groups is 2. The van der Waals surface area contributed by atoms with E-state index in [4.69, 9.17) is 4.74 Å². The van der Waals surface area contributed by atoms with Crippen LogP contribution in [0.5, 0.6) is 0 Å². The lowest BCUT2D eigenvalue weighted by atomic mass is 10.2. The molecule has 78 valence electrons. The van der Waals surface area contributed by atoms with Crippen LogP contribution in [-0.4, -0.2) is 48.2 Å². The quantitative estimate of drug-likeness (QED) is 0.545. The van der Waals surface area contributed by atoms with Crippen molar-refractivity contribution in [2.45, 2.75) is 38.0 Å². The minimum absolute atomic E-state index is 0.0454. The minimum atomic E-state index is -0.390. The molecule has 3 atom stereocenters. The largest absolute Gasteiger partial charge is 0.393 e. The molecule has 0 aromatic rings. The fourth-order valence-electron chi connectivity index (χ4n) is 1.38. The molecule has 0 amide bonds. The molecule has 3 unspecified atom stereocenters. The summed E-state index contributed by atoms with van der Waals surface area (Å²) >= 11 is 0. The highest BCUT2D eigenvalue weighted by Gasteiger charge is 2.25. The van der Waals surface area contributed by atoms with Crippen molar-refractivity contribution >= 4 is 0 Å². The number of hydrogen-bond acceptors (Lipinski definition) is 4. The number of ether oxygens (including phenoxy) is 1. The Hall–Kier alpha value is -0.160. The summed E-state index contributed by atoms with van der Waals surface area (Å²) in [5.74, 6) is 0. The zero-order valence-corrected chi connectivity index (χ0v) is 8.07. The van der Waals surface area contributed by atoms with Gasteiger partial charge in [0.05, 0.1) is 31.5 Å². The Balaban J connectivity index is 2.05. The van der Waals surface area contributed by atoms with E-state index in [2.05, 4.69) is 5.32 Å². The minimum Gasteiger partial charge on any atom is -0.393 e. The first-order chi connectivity index (χ1) is 6.24. The maximum Gasteiger partial charge on any atom is 0.0948 e. The Bertz CT molecular complexity index is 143. The van der Waals surface area contributed by atoms with Crippen molar-refractivity contribution in [3.8, 4) is 0 Å². The van der Waals surface area contributed by atoms with Gasteiger partial charge in [-0.3, -0.25) is 0 Å². The van der Waals surface area contributed by atoms with Gasteiger partial charge in [-0.2, -0.15) is 0 Å². The van der Waals surface area contributed by atoms with Crippen LogP contribution in [-0.2, 0) is 4.74 Å². The molecule has 1 rings (SSSR count). The molecule has 1 fully saturated rings. The monoisotopic (exact) mass is 189 g/mol. The van der Waals surface area contributed by atoms with Crippen molar-refractivity contribution in [1.29, 1.82) is 0 Å². The van der Waals surface area contributed by atoms with E-state index in [-0.39, 0.29) is 12.1 Å². The molecule has 13 heavy (non-hydrogen) atoms. The molecule has 0 aliphatic carbocycles. The second kappa shape index (κ2) is 5.54. The third-order valence-electron chi connectivity index (χ3n) is 2.41. The first-order valence-electron chi connectivity index (χ1n) is 4.91. The topological polar surface area (TPSA) is 61.7 Å². The van der Waals surface area contributed by atoms with Crippen molar-refractivity contribution in [3.63, 3.8) is 0 Å². The molecule has 1 saturated heterocycles. The van der Waals surface area contributed by atoms with Crippen LogP contribution in [0.4, 0.5) is 0 Å². The van der Waals surface area contributed by atoms with Crippen molar-refractivity contribution in [2.75, 3.05) is 19.8 Å². The highest BCUT2D eigenvalue weighted by atomic mass is 16.5. The fraction of sp³-hybridized carbons (Fsp3) is 1.00. The Morgan fingerprint density at radius 1 is 1.54 bits per heavy atom. The number of rotatable bonds is 5. The molecule has 1 heterocycles. The highest BCUT2D eigenvalue weighted by molar-refractivity contribution is 4.80. The Morgan fingerprint density at radius 2 is 2.31 bits per heavy atom. The van der Waals surface area contributed by atoms with E-state index in [1.807, 2.05) is 6.92 Å². The maximum absolute atomic E-state index is 9.36. The zero-order chi connectivity index (χ0) is 9.68. The Labute approximate surface area is 78.9 Å². The van der Waals surface area contributed by atoms with Gasteiger partial charge in [0.1, 0.15) is 0 Å². The standard InChI is InChI=1S/C9H19NO3/c1-2-7(11)3-4-10-8-5-13-6-9(8)12/h7-12H,2-6H2,1H3. The lowest BCUT2D eigenvalue weighted by molar-refractivity contribution is 0.120. The fourth-order valence-corrected chi connectivity index (χ4v) is 1.38. The van der Waals surface area contributed by atoms with Crippen LogP contribution in [0.1, 0.15) is 19.8 Å². The summed E-state index contributed by atoms with van der Waals surface area (Å²) in [6, 6.07) is 0.0454. The second-order valence-electron chi connectivity index (χ2n) is 3.52. The summed E-state index contributed by atoms with van der Waals surface area (Å²) in [7, 11) is 0. The molecule has 1 aliphatic heterocycles. The molecule has 4 nitrogen and oxygen atoms in total. The molecule has 0 aromatic carbocycles.